The zero-order chi connectivity index (χ0) is 15.9. The molecule has 2 aromatic carbocycles. The van der Waals surface area contributed by atoms with Gasteiger partial charge in [0.05, 0.1) is 5.56 Å². The molecule has 0 saturated carbocycles. The van der Waals surface area contributed by atoms with Gasteiger partial charge in [-0.15, -0.1) is 0 Å². The highest BCUT2D eigenvalue weighted by Gasteiger charge is 2.08. The smallest absolute Gasteiger partial charge is 0.387 e. The summed E-state index contributed by atoms with van der Waals surface area (Å²) < 4.78 is 29.2. The summed E-state index contributed by atoms with van der Waals surface area (Å²) >= 11 is 2.12. The standard InChI is InChI=1S/C16H14F2INO2/c17-16(18)22-12-7-5-11(6-8-12)9-10-20-15(21)13-3-1-2-4-14(13)19/h1-8,16H,9-10H2,(H,20,21). The molecule has 2 aromatic rings. The maximum atomic E-state index is 12.0. The van der Waals surface area contributed by atoms with Gasteiger partial charge in [0.2, 0.25) is 0 Å². The van der Waals surface area contributed by atoms with Gasteiger partial charge in [0, 0.05) is 10.1 Å². The van der Waals surface area contributed by atoms with Gasteiger partial charge in [0.15, 0.2) is 0 Å². The lowest BCUT2D eigenvalue weighted by Crippen LogP contribution is -2.26. The van der Waals surface area contributed by atoms with Crippen LogP contribution in [-0.4, -0.2) is 19.1 Å². The molecule has 0 radical (unpaired) electrons. The molecule has 6 heteroatoms. The fourth-order valence-electron chi connectivity index (χ4n) is 1.90. The van der Waals surface area contributed by atoms with Crippen molar-refractivity contribution in [2.24, 2.45) is 0 Å². The minimum absolute atomic E-state index is 0.123. The second-order valence-corrected chi connectivity index (χ2v) is 5.67. The number of benzene rings is 2. The normalized spacial score (nSPS) is 10.5. The summed E-state index contributed by atoms with van der Waals surface area (Å²) in [7, 11) is 0. The fourth-order valence-corrected chi connectivity index (χ4v) is 2.53. The zero-order valence-electron chi connectivity index (χ0n) is 11.6. The van der Waals surface area contributed by atoms with Crippen molar-refractivity contribution < 1.29 is 18.3 Å². The van der Waals surface area contributed by atoms with E-state index in [2.05, 4.69) is 32.6 Å². The van der Waals surface area contributed by atoms with Crippen molar-refractivity contribution >= 4 is 28.5 Å². The van der Waals surface area contributed by atoms with Crippen molar-refractivity contribution in [3.05, 3.63) is 63.2 Å². The van der Waals surface area contributed by atoms with E-state index in [-0.39, 0.29) is 11.7 Å². The highest BCUT2D eigenvalue weighted by molar-refractivity contribution is 14.1. The van der Waals surface area contributed by atoms with Crippen LogP contribution in [0.15, 0.2) is 48.5 Å². The molecular weight excluding hydrogens is 403 g/mol. The second-order valence-electron chi connectivity index (χ2n) is 4.51. The number of ether oxygens (including phenoxy) is 1. The van der Waals surface area contributed by atoms with E-state index in [0.717, 1.165) is 9.13 Å². The van der Waals surface area contributed by atoms with E-state index in [1.165, 1.54) is 12.1 Å². The minimum atomic E-state index is -2.82. The zero-order valence-corrected chi connectivity index (χ0v) is 13.7. The summed E-state index contributed by atoms with van der Waals surface area (Å²) in [5.41, 5.74) is 1.58. The molecule has 0 atom stereocenters. The van der Waals surface area contributed by atoms with Gasteiger partial charge >= 0.3 is 6.61 Å². The van der Waals surface area contributed by atoms with Gasteiger partial charge in [-0.05, 0) is 58.8 Å². The maximum Gasteiger partial charge on any atom is 0.387 e. The Morgan fingerprint density at radius 1 is 1.14 bits per heavy atom. The van der Waals surface area contributed by atoms with Crippen LogP contribution in [-0.2, 0) is 6.42 Å². The van der Waals surface area contributed by atoms with Crippen molar-refractivity contribution in [2.75, 3.05) is 6.54 Å². The molecule has 1 N–H and O–H groups in total. The Bertz CT molecular complexity index is 632. The first-order chi connectivity index (χ1) is 10.6. The molecular formula is C16H14F2INO2. The predicted octanol–water partition coefficient (Wildman–Crippen LogP) is 3.87. The number of carbonyl (C=O) groups excluding carboxylic acids is 1. The molecule has 0 fully saturated rings. The van der Waals surface area contributed by atoms with E-state index >= 15 is 0 Å². The average Bonchev–Trinajstić information content (AvgIpc) is 2.49. The van der Waals surface area contributed by atoms with Crippen LogP contribution in [0.4, 0.5) is 8.78 Å². The molecule has 3 nitrogen and oxygen atoms in total. The third kappa shape index (κ3) is 4.94. The van der Waals surface area contributed by atoms with Gasteiger partial charge in [-0.25, -0.2) is 0 Å². The third-order valence-corrected chi connectivity index (χ3v) is 3.91. The van der Waals surface area contributed by atoms with Crippen LogP contribution in [0.5, 0.6) is 5.75 Å². The number of halogens is 3. The first-order valence-electron chi connectivity index (χ1n) is 6.63. The molecule has 22 heavy (non-hydrogen) atoms. The number of alkyl halides is 2. The molecule has 0 aromatic heterocycles. The molecule has 0 spiro atoms. The SMILES string of the molecule is O=C(NCCc1ccc(OC(F)F)cc1)c1ccccc1I. The number of hydrogen-bond acceptors (Lipinski definition) is 2. The lowest BCUT2D eigenvalue weighted by Gasteiger charge is -2.08. The second kappa shape index (κ2) is 8.07. The molecule has 0 bridgehead atoms. The summed E-state index contributed by atoms with van der Waals surface area (Å²) in [6.45, 7) is -2.35. The summed E-state index contributed by atoms with van der Waals surface area (Å²) in [5, 5.41) is 2.84. The van der Waals surface area contributed by atoms with Crippen LogP contribution in [0.3, 0.4) is 0 Å². The van der Waals surface area contributed by atoms with Gasteiger partial charge in [-0.2, -0.15) is 8.78 Å². The highest BCUT2D eigenvalue weighted by Crippen LogP contribution is 2.15. The van der Waals surface area contributed by atoms with Crippen molar-refractivity contribution in [2.45, 2.75) is 13.0 Å². The highest BCUT2D eigenvalue weighted by atomic mass is 127. The summed E-state index contributed by atoms with van der Waals surface area (Å²) in [5.74, 6) is 0.00396. The third-order valence-electron chi connectivity index (χ3n) is 2.97. The molecule has 0 aliphatic heterocycles. The van der Waals surface area contributed by atoms with E-state index < -0.39 is 6.61 Å². The summed E-state index contributed by atoms with van der Waals surface area (Å²) in [4.78, 5) is 12.0. The lowest BCUT2D eigenvalue weighted by atomic mass is 10.1. The van der Waals surface area contributed by atoms with Crippen molar-refractivity contribution in [3.8, 4) is 5.75 Å². The predicted molar refractivity (Wildman–Crippen MR) is 88.3 cm³/mol. The van der Waals surface area contributed by atoms with Crippen LogP contribution in [0.25, 0.3) is 0 Å². The van der Waals surface area contributed by atoms with Crippen LogP contribution < -0.4 is 10.1 Å². The topological polar surface area (TPSA) is 38.3 Å². The number of amides is 1. The van der Waals surface area contributed by atoms with Crippen LogP contribution >= 0.6 is 22.6 Å². The fraction of sp³-hybridized carbons (Fsp3) is 0.188. The van der Waals surface area contributed by atoms with E-state index in [0.29, 0.717) is 18.5 Å². The summed E-state index contributed by atoms with van der Waals surface area (Å²) in [6, 6.07) is 13.7. The Hall–Kier alpha value is -1.70. The lowest BCUT2D eigenvalue weighted by molar-refractivity contribution is -0.0498. The van der Waals surface area contributed by atoms with E-state index in [4.69, 9.17) is 0 Å². The van der Waals surface area contributed by atoms with Gasteiger partial charge in [0.1, 0.15) is 5.75 Å². The van der Waals surface area contributed by atoms with Gasteiger partial charge in [-0.1, -0.05) is 24.3 Å². The molecule has 2 rings (SSSR count). The van der Waals surface area contributed by atoms with Crippen molar-refractivity contribution in [1.29, 1.82) is 0 Å². The van der Waals surface area contributed by atoms with Crippen LogP contribution in [0, 0.1) is 3.57 Å². The molecule has 0 saturated heterocycles. The van der Waals surface area contributed by atoms with Gasteiger partial charge in [-0.3, -0.25) is 4.79 Å². The van der Waals surface area contributed by atoms with Crippen LogP contribution in [0.2, 0.25) is 0 Å². The maximum absolute atomic E-state index is 12.0. The molecule has 0 aliphatic rings. The first-order valence-corrected chi connectivity index (χ1v) is 7.70. The summed E-state index contributed by atoms with van der Waals surface area (Å²) in [6.07, 6.45) is 0.615. The Labute approximate surface area is 140 Å². The largest absolute Gasteiger partial charge is 0.435 e. The quantitative estimate of drug-likeness (QED) is 0.726. The van der Waals surface area contributed by atoms with Gasteiger partial charge in [0.25, 0.3) is 5.91 Å². The first kappa shape index (κ1) is 16.7. The Kier molecular flexibility index (Phi) is 6.11. The Morgan fingerprint density at radius 2 is 1.82 bits per heavy atom. The Balaban J connectivity index is 1.83. The number of nitrogens with one attached hydrogen (secondary N) is 1. The van der Waals surface area contributed by atoms with E-state index in [1.807, 2.05) is 18.2 Å². The van der Waals surface area contributed by atoms with Crippen LogP contribution in [0.1, 0.15) is 15.9 Å². The van der Waals surface area contributed by atoms with Crippen molar-refractivity contribution in [3.63, 3.8) is 0 Å². The average molecular weight is 417 g/mol. The molecule has 116 valence electrons. The molecule has 0 heterocycles. The monoisotopic (exact) mass is 417 g/mol. The molecule has 1 amide bonds. The molecule has 0 aliphatic carbocycles. The number of rotatable bonds is 6. The number of hydrogen-bond donors (Lipinski definition) is 1. The Morgan fingerprint density at radius 3 is 2.45 bits per heavy atom. The molecule has 0 unspecified atom stereocenters. The van der Waals surface area contributed by atoms with E-state index in [1.54, 1.807) is 18.2 Å². The minimum Gasteiger partial charge on any atom is -0.435 e. The van der Waals surface area contributed by atoms with Gasteiger partial charge < -0.3 is 10.1 Å². The van der Waals surface area contributed by atoms with E-state index in [9.17, 15) is 13.6 Å². The number of carbonyl (C=O) groups is 1. The van der Waals surface area contributed by atoms with Crippen molar-refractivity contribution in [1.82, 2.24) is 5.32 Å².